The monoisotopic (exact) mass is 345 g/mol. The Labute approximate surface area is 119 Å². The van der Waals surface area contributed by atoms with Crippen molar-refractivity contribution in [2.45, 2.75) is 10.6 Å². The Hall–Kier alpha value is -0.690. The lowest BCUT2D eigenvalue weighted by atomic mass is 10.2. The fraction of sp³-hybridized carbons (Fsp3) is 0.167. The average Bonchev–Trinajstić information content (AvgIpc) is 2.78. The van der Waals surface area contributed by atoms with Crippen LogP contribution in [0.15, 0.2) is 50.5 Å². The number of hydrogen-bond donors (Lipinski definition) is 1. The van der Waals surface area contributed by atoms with Crippen LogP contribution in [-0.2, 0) is 16.4 Å². The van der Waals surface area contributed by atoms with Crippen LogP contribution in [0.25, 0.3) is 0 Å². The van der Waals surface area contributed by atoms with Crippen molar-refractivity contribution in [2.75, 3.05) is 6.54 Å². The van der Waals surface area contributed by atoms with E-state index in [1.807, 2.05) is 30.3 Å². The first-order valence-corrected chi connectivity index (χ1v) is 8.46. The maximum atomic E-state index is 11.9. The van der Waals surface area contributed by atoms with Crippen LogP contribution in [0.1, 0.15) is 5.56 Å². The highest BCUT2D eigenvalue weighted by Gasteiger charge is 2.15. The molecule has 0 fully saturated rings. The van der Waals surface area contributed by atoms with Gasteiger partial charge in [0.1, 0.15) is 4.21 Å². The number of halogens is 1. The van der Waals surface area contributed by atoms with E-state index in [1.54, 1.807) is 12.1 Å². The molecule has 3 nitrogen and oxygen atoms in total. The van der Waals surface area contributed by atoms with Gasteiger partial charge in [-0.05, 0) is 40.0 Å². The molecule has 0 saturated heterocycles. The number of nitrogens with one attached hydrogen (secondary N) is 1. The summed E-state index contributed by atoms with van der Waals surface area (Å²) < 4.78 is 27.6. The molecule has 18 heavy (non-hydrogen) atoms. The lowest BCUT2D eigenvalue weighted by molar-refractivity contribution is 0.584. The van der Waals surface area contributed by atoms with Crippen molar-refractivity contribution in [3.8, 4) is 0 Å². The minimum atomic E-state index is -3.37. The van der Waals surface area contributed by atoms with Crippen molar-refractivity contribution >= 4 is 37.3 Å². The molecule has 0 saturated carbocycles. The molecule has 0 bridgehead atoms. The van der Waals surface area contributed by atoms with Crippen LogP contribution in [0.2, 0.25) is 0 Å². The molecule has 0 aliphatic heterocycles. The first-order valence-electron chi connectivity index (χ1n) is 5.37. The first kappa shape index (κ1) is 13.7. The van der Waals surface area contributed by atoms with Crippen molar-refractivity contribution in [3.63, 3.8) is 0 Å². The quantitative estimate of drug-likeness (QED) is 0.905. The summed E-state index contributed by atoms with van der Waals surface area (Å²) in [5, 5.41) is 0. The van der Waals surface area contributed by atoms with E-state index in [0.717, 1.165) is 9.35 Å². The van der Waals surface area contributed by atoms with Crippen LogP contribution in [0, 0.1) is 0 Å². The van der Waals surface area contributed by atoms with E-state index in [-0.39, 0.29) is 0 Å². The summed E-state index contributed by atoms with van der Waals surface area (Å²) in [6, 6.07) is 13.1. The van der Waals surface area contributed by atoms with E-state index in [2.05, 4.69) is 20.7 Å². The van der Waals surface area contributed by atoms with E-state index >= 15 is 0 Å². The summed E-state index contributed by atoms with van der Waals surface area (Å²) in [4.78, 5) is 0. The highest BCUT2D eigenvalue weighted by Crippen LogP contribution is 2.25. The number of hydrogen-bond acceptors (Lipinski definition) is 3. The van der Waals surface area contributed by atoms with E-state index in [0.29, 0.717) is 17.2 Å². The number of benzene rings is 1. The Kier molecular flexibility index (Phi) is 4.55. The molecule has 2 aromatic rings. The van der Waals surface area contributed by atoms with Gasteiger partial charge in [0.05, 0.1) is 3.79 Å². The molecule has 0 radical (unpaired) electrons. The molecule has 0 aliphatic rings. The van der Waals surface area contributed by atoms with Gasteiger partial charge in [0.2, 0.25) is 10.0 Å². The van der Waals surface area contributed by atoms with Gasteiger partial charge in [0, 0.05) is 6.54 Å². The van der Waals surface area contributed by atoms with Crippen LogP contribution in [0.5, 0.6) is 0 Å². The Balaban J connectivity index is 1.94. The fourth-order valence-electron chi connectivity index (χ4n) is 1.49. The smallest absolute Gasteiger partial charge is 0.210 e. The van der Waals surface area contributed by atoms with Crippen molar-refractivity contribution in [3.05, 3.63) is 51.8 Å². The predicted octanol–water partition coefficient (Wildman–Crippen LogP) is 3.03. The van der Waals surface area contributed by atoms with Gasteiger partial charge in [-0.1, -0.05) is 30.3 Å². The number of sulfonamides is 1. The second-order valence-corrected chi connectivity index (χ2v) is 8.15. The van der Waals surface area contributed by atoms with Crippen LogP contribution in [0.4, 0.5) is 0 Å². The van der Waals surface area contributed by atoms with Crippen molar-refractivity contribution in [2.24, 2.45) is 0 Å². The van der Waals surface area contributed by atoms with Gasteiger partial charge in [0.25, 0.3) is 0 Å². The zero-order valence-electron chi connectivity index (χ0n) is 9.47. The summed E-state index contributed by atoms with van der Waals surface area (Å²) in [6.45, 7) is 0.405. The number of rotatable bonds is 5. The average molecular weight is 346 g/mol. The third-order valence-electron chi connectivity index (χ3n) is 2.36. The molecule has 0 aliphatic carbocycles. The SMILES string of the molecule is O=S(=O)(NCCc1ccccc1)c1ccc(Br)s1. The molecule has 1 aromatic heterocycles. The van der Waals surface area contributed by atoms with Crippen molar-refractivity contribution in [1.82, 2.24) is 4.72 Å². The topological polar surface area (TPSA) is 46.2 Å². The van der Waals surface area contributed by atoms with Crippen molar-refractivity contribution in [1.29, 1.82) is 0 Å². The second-order valence-electron chi connectivity index (χ2n) is 3.69. The lowest BCUT2D eigenvalue weighted by Gasteiger charge is -2.04. The van der Waals surface area contributed by atoms with E-state index < -0.39 is 10.0 Å². The Morgan fingerprint density at radius 3 is 2.44 bits per heavy atom. The summed E-state index contributed by atoms with van der Waals surface area (Å²) in [5.41, 5.74) is 1.12. The van der Waals surface area contributed by atoms with Gasteiger partial charge in [-0.2, -0.15) is 0 Å². The third-order valence-corrected chi connectivity index (χ3v) is 5.94. The molecule has 96 valence electrons. The Morgan fingerprint density at radius 1 is 1.11 bits per heavy atom. The fourth-order valence-corrected chi connectivity index (χ4v) is 4.57. The van der Waals surface area contributed by atoms with Gasteiger partial charge in [0.15, 0.2) is 0 Å². The molecule has 0 unspecified atom stereocenters. The Bertz CT molecular complexity index is 608. The lowest BCUT2D eigenvalue weighted by Crippen LogP contribution is -2.25. The van der Waals surface area contributed by atoms with Crippen LogP contribution >= 0.6 is 27.3 Å². The maximum absolute atomic E-state index is 11.9. The maximum Gasteiger partial charge on any atom is 0.250 e. The van der Waals surface area contributed by atoms with E-state index in [9.17, 15) is 8.42 Å². The van der Waals surface area contributed by atoms with Gasteiger partial charge in [-0.25, -0.2) is 13.1 Å². The number of thiophene rings is 1. The summed E-state index contributed by atoms with van der Waals surface area (Å²) in [7, 11) is -3.37. The van der Waals surface area contributed by atoms with Crippen LogP contribution in [0.3, 0.4) is 0 Å². The minimum Gasteiger partial charge on any atom is -0.210 e. The molecule has 1 N–H and O–H groups in total. The molecule has 1 heterocycles. The summed E-state index contributed by atoms with van der Waals surface area (Å²) >= 11 is 4.46. The standard InChI is InChI=1S/C12H12BrNO2S2/c13-11-6-7-12(17-11)18(15,16)14-9-8-10-4-2-1-3-5-10/h1-7,14H,8-9H2. The highest BCUT2D eigenvalue weighted by molar-refractivity contribution is 9.11. The van der Waals surface area contributed by atoms with Gasteiger partial charge in [-0.3, -0.25) is 0 Å². The Morgan fingerprint density at radius 2 is 1.83 bits per heavy atom. The molecule has 6 heteroatoms. The van der Waals surface area contributed by atoms with E-state index in [4.69, 9.17) is 0 Å². The molecule has 0 amide bonds. The minimum absolute atomic E-state index is 0.336. The van der Waals surface area contributed by atoms with E-state index in [1.165, 1.54) is 11.3 Å². The molecule has 2 rings (SSSR count). The van der Waals surface area contributed by atoms with Gasteiger partial charge < -0.3 is 0 Å². The zero-order valence-corrected chi connectivity index (χ0v) is 12.7. The molecular formula is C12H12BrNO2S2. The third kappa shape index (κ3) is 3.65. The summed E-state index contributed by atoms with van der Waals surface area (Å²) in [5.74, 6) is 0. The van der Waals surface area contributed by atoms with Crippen LogP contribution < -0.4 is 4.72 Å². The highest BCUT2D eigenvalue weighted by atomic mass is 79.9. The first-order chi connectivity index (χ1) is 8.58. The molecule has 0 atom stereocenters. The van der Waals surface area contributed by atoms with Gasteiger partial charge >= 0.3 is 0 Å². The molecule has 0 spiro atoms. The van der Waals surface area contributed by atoms with Crippen molar-refractivity contribution < 1.29 is 8.42 Å². The molecule has 1 aromatic carbocycles. The zero-order chi connectivity index (χ0) is 13.0. The summed E-state index contributed by atoms with van der Waals surface area (Å²) in [6.07, 6.45) is 0.687. The predicted molar refractivity (Wildman–Crippen MR) is 77.4 cm³/mol. The molecular weight excluding hydrogens is 334 g/mol. The van der Waals surface area contributed by atoms with Gasteiger partial charge in [-0.15, -0.1) is 11.3 Å². The second kappa shape index (κ2) is 5.97. The normalized spacial score (nSPS) is 11.6. The van der Waals surface area contributed by atoms with Crippen LogP contribution in [-0.4, -0.2) is 15.0 Å². The largest absolute Gasteiger partial charge is 0.250 e.